The number of hydrogen-bond donors (Lipinski definition) is 3. The predicted octanol–water partition coefficient (Wildman–Crippen LogP) is 3.63. The topological polar surface area (TPSA) is 128 Å². The molecule has 1 heterocycles. The van der Waals surface area contributed by atoms with Crippen LogP contribution in [0.4, 0.5) is 19.7 Å². The van der Waals surface area contributed by atoms with Gasteiger partial charge in [0.15, 0.2) is 6.29 Å². The van der Waals surface area contributed by atoms with Crippen molar-refractivity contribution in [1.29, 1.82) is 0 Å². The smallest absolute Gasteiger partial charge is 0.410 e. The standard InChI is InChI=1S/C25H38FN5O5/c1-14-11-17(12-15(2)21(14)26)29-22(30-23(32)28-13-19(34-7)35-8)20-16(3)31(10-9-18(20)27)24(33)36-25(4,5)6/h11-12,16,19H,9-10,13,27H2,1-8H3,(H2,28,29,30,32)/t16-/m0/s1. The number of hydrogen-bond acceptors (Lipinski definition) is 7. The van der Waals surface area contributed by atoms with Gasteiger partial charge in [0.25, 0.3) is 0 Å². The molecule has 2 rings (SSSR count). The number of halogens is 1. The van der Waals surface area contributed by atoms with E-state index in [2.05, 4.69) is 15.6 Å². The Hall–Kier alpha value is -3.18. The van der Waals surface area contributed by atoms with Crippen molar-refractivity contribution >= 4 is 23.6 Å². The Morgan fingerprint density at radius 1 is 1.22 bits per heavy atom. The molecule has 0 unspecified atom stereocenters. The minimum absolute atomic E-state index is 0.0784. The number of benzene rings is 1. The summed E-state index contributed by atoms with van der Waals surface area (Å²) in [6, 6.07) is 2.01. The second-order valence-corrected chi connectivity index (χ2v) is 9.63. The Balaban J connectivity index is 2.46. The normalized spacial score (nSPS) is 16.9. The Morgan fingerprint density at radius 3 is 2.33 bits per heavy atom. The highest BCUT2D eigenvalue weighted by Gasteiger charge is 2.34. The van der Waals surface area contributed by atoms with E-state index in [0.717, 1.165) is 0 Å². The van der Waals surface area contributed by atoms with E-state index in [1.165, 1.54) is 14.2 Å². The molecule has 1 aromatic carbocycles. The summed E-state index contributed by atoms with van der Waals surface area (Å²) in [6.45, 7) is 10.9. The van der Waals surface area contributed by atoms with Gasteiger partial charge in [-0.05, 0) is 64.8 Å². The number of ether oxygens (including phenoxy) is 3. The minimum Gasteiger partial charge on any atom is -0.444 e. The summed E-state index contributed by atoms with van der Waals surface area (Å²) in [5.41, 5.74) is 7.90. The average molecular weight is 508 g/mol. The molecule has 200 valence electrons. The van der Waals surface area contributed by atoms with Crippen LogP contribution in [0.25, 0.3) is 0 Å². The fourth-order valence-corrected chi connectivity index (χ4v) is 3.78. The summed E-state index contributed by atoms with van der Waals surface area (Å²) < 4.78 is 30.0. The Labute approximate surface area is 212 Å². The number of nitrogens with two attached hydrogens (primary N) is 1. The van der Waals surface area contributed by atoms with Crippen LogP contribution in [0.5, 0.6) is 0 Å². The van der Waals surface area contributed by atoms with Gasteiger partial charge in [0.1, 0.15) is 17.3 Å². The van der Waals surface area contributed by atoms with Crippen molar-refractivity contribution in [2.24, 2.45) is 10.7 Å². The number of amides is 3. The summed E-state index contributed by atoms with van der Waals surface area (Å²) in [5.74, 6) is -0.185. The number of carbonyl (C=O) groups excluding carboxylic acids is 2. The first-order chi connectivity index (χ1) is 16.8. The molecule has 1 aliphatic rings. The van der Waals surface area contributed by atoms with Gasteiger partial charge >= 0.3 is 12.1 Å². The van der Waals surface area contributed by atoms with Crippen LogP contribution in [0, 0.1) is 19.7 Å². The number of aryl methyl sites for hydroxylation is 2. The third-order valence-electron chi connectivity index (χ3n) is 5.59. The molecule has 0 saturated heterocycles. The van der Waals surface area contributed by atoms with Crippen LogP contribution < -0.4 is 16.4 Å². The third kappa shape index (κ3) is 7.66. The van der Waals surface area contributed by atoms with Crippen molar-refractivity contribution in [3.63, 3.8) is 0 Å². The van der Waals surface area contributed by atoms with Crippen molar-refractivity contribution in [3.8, 4) is 0 Å². The third-order valence-corrected chi connectivity index (χ3v) is 5.59. The van der Waals surface area contributed by atoms with Crippen molar-refractivity contribution in [3.05, 3.63) is 40.3 Å². The molecule has 1 aliphatic heterocycles. The van der Waals surface area contributed by atoms with E-state index in [9.17, 15) is 14.0 Å². The number of urea groups is 1. The van der Waals surface area contributed by atoms with Crippen LogP contribution in [0.3, 0.4) is 0 Å². The van der Waals surface area contributed by atoms with Gasteiger partial charge in [-0.2, -0.15) is 0 Å². The molecule has 3 amide bonds. The maximum atomic E-state index is 14.2. The lowest BCUT2D eigenvalue weighted by Gasteiger charge is -2.37. The van der Waals surface area contributed by atoms with Gasteiger partial charge in [0.2, 0.25) is 0 Å². The molecule has 0 saturated carbocycles. The van der Waals surface area contributed by atoms with Crippen LogP contribution in [0.2, 0.25) is 0 Å². The summed E-state index contributed by atoms with van der Waals surface area (Å²) >= 11 is 0. The zero-order valence-electron chi connectivity index (χ0n) is 22.3. The maximum absolute atomic E-state index is 14.2. The molecule has 0 fully saturated rings. The molecular formula is C25H38FN5O5. The molecule has 1 aromatic rings. The van der Waals surface area contributed by atoms with Crippen molar-refractivity contribution < 1.29 is 28.2 Å². The van der Waals surface area contributed by atoms with Crippen LogP contribution in [0.15, 0.2) is 28.4 Å². The van der Waals surface area contributed by atoms with Gasteiger partial charge in [-0.15, -0.1) is 0 Å². The second-order valence-electron chi connectivity index (χ2n) is 9.63. The van der Waals surface area contributed by atoms with E-state index in [0.29, 0.717) is 41.1 Å². The molecule has 0 spiro atoms. The number of rotatable bonds is 6. The van der Waals surface area contributed by atoms with Crippen LogP contribution in [-0.2, 0) is 14.2 Å². The number of amidine groups is 1. The quantitative estimate of drug-likeness (QED) is 0.307. The molecule has 0 aliphatic carbocycles. The van der Waals surface area contributed by atoms with Gasteiger partial charge in [-0.1, -0.05) is 0 Å². The number of nitrogens with zero attached hydrogens (tertiary/aromatic N) is 2. The molecular weight excluding hydrogens is 469 g/mol. The average Bonchev–Trinajstić information content (AvgIpc) is 2.76. The van der Waals surface area contributed by atoms with Gasteiger partial charge in [0.05, 0.1) is 18.3 Å². The first kappa shape index (κ1) is 29.1. The molecule has 10 nitrogen and oxygen atoms in total. The largest absolute Gasteiger partial charge is 0.444 e. The summed E-state index contributed by atoms with van der Waals surface area (Å²) in [4.78, 5) is 31.8. The molecule has 0 aromatic heterocycles. The van der Waals surface area contributed by atoms with Crippen LogP contribution in [0.1, 0.15) is 45.2 Å². The van der Waals surface area contributed by atoms with Crippen LogP contribution >= 0.6 is 0 Å². The summed E-state index contributed by atoms with van der Waals surface area (Å²) in [6.07, 6.45) is -0.780. The van der Waals surface area contributed by atoms with Gasteiger partial charge < -0.3 is 30.2 Å². The molecule has 11 heteroatoms. The lowest BCUT2D eigenvalue weighted by molar-refractivity contribution is -0.0971. The zero-order valence-corrected chi connectivity index (χ0v) is 22.3. The Bertz CT molecular complexity index is 1010. The maximum Gasteiger partial charge on any atom is 0.410 e. The second kappa shape index (κ2) is 12.2. The molecule has 0 radical (unpaired) electrons. The fourth-order valence-electron chi connectivity index (χ4n) is 3.78. The predicted molar refractivity (Wildman–Crippen MR) is 136 cm³/mol. The minimum atomic E-state index is -0.679. The first-order valence-electron chi connectivity index (χ1n) is 11.7. The lowest BCUT2D eigenvalue weighted by Crippen LogP contribution is -2.51. The van der Waals surface area contributed by atoms with E-state index >= 15 is 0 Å². The first-order valence-corrected chi connectivity index (χ1v) is 11.7. The molecule has 1 atom stereocenters. The zero-order chi connectivity index (χ0) is 27.2. The van der Waals surface area contributed by atoms with Crippen molar-refractivity contribution in [2.45, 2.75) is 65.9 Å². The number of aliphatic imine (C=N–C) groups is 1. The Kier molecular flexibility index (Phi) is 9.83. The lowest BCUT2D eigenvalue weighted by atomic mass is 9.97. The number of nitrogens with one attached hydrogen (secondary N) is 2. The van der Waals surface area contributed by atoms with Gasteiger partial charge in [0, 0.05) is 38.5 Å². The fraction of sp³-hybridized carbons (Fsp3) is 0.560. The molecule has 4 N–H and O–H groups in total. The van der Waals surface area contributed by atoms with E-state index in [1.807, 2.05) is 0 Å². The highest BCUT2D eigenvalue weighted by molar-refractivity contribution is 6.09. The van der Waals surface area contributed by atoms with E-state index in [-0.39, 0.29) is 18.2 Å². The van der Waals surface area contributed by atoms with Gasteiger partial charge in [-0.3, -0.25) is 5.32 Å². The van der Waals surface area contributed by atoms with Gasteiger partial charge in [-0.25, -0.2) is 19.0 Å². The van der Waals surface area contributed by atoms with Crippen LogP contribution in [-0.4, -0.2) is 68.1 Å². The van der Waals surface area contributed by atoms with E-state index in [4.69, 9.17) is 19.9 Å². The Morgan fingerprint density at radius 2 is 1.81 bits per heavy atom. The summed E-state index contributed by atoms with van der Waals surface area (Å²) in [7, 11) is 2.92. The highest BCUT2D eigenvalue weighted by Crippen LogP contribution is 2.27. The SMILES string of the molecule is COC(CNC(=O)NC(=Nc1cc(C)c(F)c(C)c1)C1=C(N)CCN(C(=O)OC(C)(C)C)[C@H]1C)OC. The van der Waals surface area contributed by atoms with Crippen molar-refractivity contribution in [1.82, 2.24) is 15.5 Å². The van der Waals surface area contributed by atoms with E-state index in [1.54, 1.807) is 58.6 Å². The number of methoxy groups -OCH3 is 2. The highest BCUT2D eigenvalue weighted by atomic mass is 19.1. The van der Waals surface area contributed by atoms with E-state index < -0.39 is 30.1 Å². The monoisotopic (exact) mass is 507 g/mol. The number of carbonyl (C=O) groups is 2. The summed E-state index contributed by atoms with van der Waals surface area (Å²) in [5, 5.41) is 5.40. The molecule has 0 bridgehead atoms. The molecule has 36 heavy (non-hydrogen) atoms. The van der Waals surface area contributed by atoms with Crippen molar-refractivity contribution in [2.75, 3.05) is 27.3 Å².